The largest absolute Gasteiger partial charge is 0.0622 e. The molecule has 0 bridgehead atoms. The fraction of sp³-hybridized carbons (Fsp3) is 0.296. The first kappa shape index (κ1) is 18.0. The summed E-state index contributed by atoms with van der Waals surface area (Å²) in [6, 6.07) is 20.0. The third-order valence-electron chi connectivity index (χ3n) is 6.61. The van der Waals surface area contributed by atoms with Crippen molar-refractivity contribution in [3.05, 3.63) is 105 Å². The Morgan fingerprint density at radius 2 is 1.22 bits per heavy atom. The third kappa shape index (κ3) is 2.65. The van der Waals surface area contributed by atoms with E-state index in [-0.39, 0.29) is 0 Å². The molecule has 0 saturated heterocycles. The fourth-order valence-corrected chi connectivity index (χ4v) is 4.98. The maximum Gasteiger partial charge on any atom is 0.0373 e. The van der Waals surface area contributed by atoms with E-state index < -0.39 is 0 Å². The molecule has 1 radical (unpaired) electrons. The smallest absolute Gasteiger partial charge is 0.0373 e. The van der Waals surface area contributed by atoms with Crippen LogP contribution in [0.5, 0.6) is 0 Å². The Morgan fingerprint density at radius 3 is 1.81 bits per heavy atom. The van der Waals surface area contributed by atoms with Crippen LogP contribution < -0.4 is 0 Å². The van der Waals surface area contributed by atoms with Crippen LogP contribution in [0.15, 0.2) is 82.5 Å². The predicted molar refractivity (Wildman–Crippen MR) is 116 cm³/mol. The highest BCUT2D eigenvalue weighted by atomic mass is 14.4. The Hall–Kier alpha value is -2.34. The fourth-order valence-electron chi connectivity index (χ4n) is 4.98. The topological polar surface area (TPSA) is 0 Å². The summed E-state index contributed by atoms with van der Waals surface area (Å²) in [7, 11) is 0. The molecule has 0 heterocycles. The molecule has 1 atom stereocenters. The maximum atomic E-state index is 2.35. The van der Waals surface area contributed by atoms with E-state index >= 15 is 0 Å². The van der Waals surface area contributed by atoms with Gasteiger partial charge < -0.3 is 0 Å². The Kier molecular flexibility index (Phi) is 4.46. The van der Waals surface area contributed by atoms with Gasteiger partial charge in [-0.3, -0.25) is 0 Å². The molecule has 2 aromatic rings. The second-order valence-corrected chi connectivity index (χ2v) is 8.29. The number of benzene rings is 2. The quantitative estimate of drug-likeness (QED) is 0.536. The van der Waals surface area contributed by atoms with Gasteiger partial charge in [0.1, 0.15) is 0 Å². The zero-order valence-corrected chi connectivity index (χ0v) is 17.4. The van der Waals surface area contributed by atoms with Crippen molar-refractivity contribution in [2.75, 3.05) is 0 Å². The van der Waals surface area contributed by atoms with Crippen LogP contribution in [0.1, 0.15) is 64.2 Å². The average Bonchev–Trinajstić information content (AvgIpc) is 3.11. The van der Waals surface area contributed by atoms with Gasteiger partial charge >= 0.3 is 0 Å². The highest BCUT2D eigenvalue weighted by molar-refractivity contribution is 5.90. The van der Waals surface area contributed by atoms with E-state index in [1.807, 2.05) is 0 Å². The summed E-state index contributed by atoms with van der Waals surface area (Å²) in [5.41, 5.74) is 13.1. The van der Waals surface area contributed by atoms with Crippen LogP contribution in [0.25, 0.3) is 5.57 Å². The minimum Gasteiger partial charge on any atom is -0.0622 e. The van der Waals surface area contributed by atoms with E-state index in [1.165, 1.54) is 50.5 Å². The van der Waals surface area contributed by atoms with E-state index in [2.05, 4.69) is 96.1 Å². The number of hydrogen-bond donors (Lipinski definition) is 0. The van der Waals surface area contributed by atoms with E-state index in [0.29, 0.717) is 11.8 Å². The van der Waals surface area contributed by atoms with Crippen LogP contribution in [-0.4, -0.2) is 0 Å². The van der Waals surface area contributed by atoms with Crippen LogP contribution in [0, 0.1) is 11.8 Å². The molecule has 2 aliphatic rings. The lowest BCUT2D eigenvalue weighted by molar-refractivity contribution is 0.684. The first-order chi connectivity index (χ1) is 12.9. The Morgan fingerprint density at radius 1 is 0.667 bits per heavy atom. The van der Waals surface area contributed by atoms with Crippen molar-refractivity contribution in [2.24, 2.45) is 5.92 Å². The van der Waals surface area contributed by atoms with Gasteiger partial charge in [0.05, 0.1) is 0 Å². The molecule has 27 heavy (non-hydrogen) atoms. The normalized spacial score (nSPS) is 20.3. The SMILES string of the molecule is CC1=C(C)C(C)=C(C)[C]1C1C(C(C)C)=C(c2ccccc2)c2ccccc21. The Balaban J connectivity index is 2.01. The molecule has 0 spiro atoms. The van der Waals surface area contributed by atoms with Crippen molar-refractivity contribution >= 4 is 5.57 Å². The second kappa shape index (κ2) is 6.68. The van der Waals surface area contributed by atoms with Crippen LogP contribution in [-0.2, 0) is 0 Å². The first-order valence-corrected chi connectivity index (χ1v) is 10.0. The van der Waals surface area contributed by atoms with Gasteiger partial charge in [-0.25, -0.2) is 0 Å². The summed E-state index contributed by atoms with van der Waals surface area (Å²) >= 11 is 0. The highest BCUT2D eigenvalue weighted by Crippen LogP contribution is 2.57. The summed E-state index contributed by atoms with van der Waals surface area (Å²) < 4.78 is 0. The maximum absolute atomic E-state index is 2.35. The Bertz CT molecular complexity index is 956. The molecule has 0 aromatic heterocycles. The van der Waals surface area contributed by atoms with Crippen molar-refractivity contribution in [1.29, 1.82) is 0 Å². The van der Waals surface area contributed by atoms with Gasteiger partial charge in [-0.15, -0.1) is 0 Å². The predicted octanol–water partition coefficient (Wildman–Crippen LogP) is 7.50. The van der Waals surface area contributed by atoms with Gasteiger partial charge in [0.25, 0.3) is 0 Å². The van der Waals surface area contributed by atoms with Crippen molar-refractivity contribution in [3.63, 3.8) is 0 Å². The van der Waals surface area contributed by atoms with Crippen molar-refractivity contribution in [1.82, 2.24) is 0 Å². The molecule has 137 valence electrons. The second-order valence-electron chi connectivity index (χ2n) is 8.29. The van der Waals surface area contributed by atoms with E-state index in [0.717, 1.165) is 0 Å². The summed E-state index contributed by atoms with van der Waals surface area (Å²) in [4.78, 5) is 0. The number of hydrogen-bond acceptors (Lipinski definition) is 0. The molecule has 1 unspecified atom stereocenters. The Labute approximate surface area is 164 Å². The monoisotopic (exact) mass is 353 g/mol. The molecule has 2 aromatic carbocycles. The first-order valence-electron chi connectivity index (χ1n) is 10.0. The molecule has 0 fully saturated rings. The van der Waals surface area contributed by atoms with Gasteiger partial charge in [0.15, 0.2) is 0 Å². The molecular weight excluding hydrogens is 324 g/mol. The van der Waals surface area contributed by atoms with Crippen molar-refractivity contribution in [3.8, 4) is 0 Å². The van der Waals surface area contributed by atoms with Crippen LogP contribution in [0.4, 0.5) is 0 Å². The standard InChI is InChI=1S/C27H29/c1-16(2)24-26(21-12-8-7-9-13-21)22-14-10-11-15-23(22)27(24)25-19(5)17(3)18(4)20(25)6/h7-16,27H,1-6H3. The van der Waals surface area contributed by atoms with Gasteiger partial charge in [0, 0.05) is 11.8 Å². The van der Waals surface area contributed by atoms with Gasteiger partial charge in [0.2, 0.25) is 0 Å². The van der Waals surface area contributed by atoms with Crippen LogP contribution in [0.2, 0.25) is 0 Å². The van der Waals surface area contributed by atoms with Gasteiger partial charge in [-0.2, -0.15) is 0 Å². The molecule has 0 saturated carbocycles. The lowest BCUT2D eigenvalue weighted by atomic mass is 9.74. The van der Waals surface area contributed by atoms with Crippen LogP contribution in [0.3, 0.4) is 0 Å². The molecule has 0 heteroatoms. The summed E-state index contributed by atoms with van der Waals surface area (Å²) in [6.07, 6.45) is 0. The minimum atomic E-state index is 0.365. The summed E-state index contributed by atoms with van der Waals surface area (Å²) in [5, 5.41) is 0. The molecule has 0 N–H and O–H groups in total. The number of rotatable bonds is 3. The molecule has 2 aliphatic carbocycles. The molecule has 0 aliphatic heterocycles. The minimum absolute atomic E-state index is 0.365. The number of allylic oxidation sites excluding steroid dienone is 5. The van der Waals surface area contributed by atoms with E-state index in [4.69, 9.17) is 0 Å². The zero-order valence-electron chi connectivity index (χ0n) is 17.4. The van der Waals surface area contributed by atoms with Gasteiger partial charge in [-0.05, 0) is 67.0 Å². The lowest BCUT2D eigenvalue weighted by Gasteiger charge is -2.28. The van der Waals surface area contributed by atoms with Crippen molar-refractivity contribution < 1.29 is 0 Å². The van der Waals surface area contributed by atoms with Gasteiger partial charge in [-0.1, -0.05) is 85.2 Å². The van der Waals surface area contributed by atoms with E-state index in [1.54, 1.807) is 5.57 Å². The summed E-state index contributed by atoms with van der Waals surface area (Å²) in [5.74, 6) is 2.39. The molecule has 4 rings (SSSR count). The average molecular weight is 354 g/mol. The third-order valence-corrected chi connectivity index (χ3v) is 6.61. The van der Waals surface area contributed by atoms with E-state index in [9.17, 15) is 0 Å². The highest BCUT2D eigenvalue weighted by Gasteiger charge is 2.42. The molecule has 0 nitrogen and oxygen atoms in total. The van der Waals surface area contributed by atoms with Crippen molar-refractivity contribution in [2.45, 2.75) is 47.5 Å². The van der Waals surface area contributed by atoms with Crippen LogP contribution >= 0.6 is 0 Å². The molecular formula is C27H29. The number of fused-ring (bicyclic) bond motifs is 1. The lowest BCUT2D eigenvalue weighted by Crippen LogP contribution is -2.15. The summed E-state index contributed by atoms with van der Waals surface area (Å²) in [6.45, 7) is 13.9. The molecule has 0 amide bonds. The zero-order chi connectivity index (χ0) is 19.3.